The second-order valence-corrected chi connectivity index (χ2v) is 7.81. The fraction of sp³-hybridized carbons (Fsp3) is 0.778. The van der Waals surface area contributed by atoms with Gasteiger partial charge in [0.1, 0.15) is 0 Å². The van der Waals surface area contributed by atoms with E-state index in [2.05, 4.69) is 6.58 Å². The molecule has 0 aromatic carbocycles. The van der Waals surface area contributed by atoms with Crippen LogP contribution in [-0.4, -0.2) is 25.2 Å². The van der Waals surface area contributed by atoms with Gasteiger partial charge in [-0.2, -0.15) is 11.8 Å². The van der Waals surface area contributed by atoms with Crippen molar-refractivity contribution in [1.82, 2.24) is 0 Å². The van der Waals surface area contributed by atoms with Gasteiger partial charge >= 0.3 is 0 Å². The molecule has 5 heteroatoms. The Morgan fingerprint density at radius 1 is 1.50 bits per heavy atom. The van der Waals surface area contributed by atoms with E-state index in [-0.39, 0.29) is 5.75 Å². The maximum atomic E-state index is 10.8. The molecular formula is C9H15ClO2S2. The van der Waals surface area contributed by atoms with Crippen LogP contribution in [-0.2, 0) is 9.05 Å². The van der Waals surface area contributed by atoms with Gasteiger partial charge in [0, 0.05) is 15.9 Å². The molecule has 1 fully saturated rings. The fourth-order valence-corrected chi connectivity index (χ4v) is 4.05. The van der Waals surface area contributed by atoms with Gasteiger partial charge in [-0.05, 0) is 25.0 Å². The summed E-state index contributed by atoms with van der Waals surface area (Å²) in [5, 5.41) is 0.551. The van der Waals surface area contributed by atoms with Crippen LogP contribution in [0.4, 0.5) is 0 Å². The van der Waals surface area contributed by atoms with Crippen LogP contribution < -0.4 is 0 Å². The van der Waals surface area contributed by atoms with E-state index < -0.39 is 9.05 Å². The molecule has 1 aliphatic rings. The van der Waals surface area contributed by atoms with Gasteiger partial charge in [0.2, 0.25) is 9.05 Å². The van der Waals surface area contributed by atoms with Crippen LogP contribution in [0.15, 0.2) is 12.2 Å². The smallest absolute Gasteiger partial charge is 0.212 e. The molecule has 0 spiro atoms. The second kappa shape index (κ2) is 5.42. The van der Waals surface area contributed by atoms with Crippen LogP contribution in [0.5, 0.6) is 0 Å². The minimum Gasteiger partial charge on any atom is -0.212 e. The third-order valence-corrected chi connectivity index (χ3v) is 4.65. The summed E-state index contributed by atoms with van der Waals surface area (Å²) in [6.07, 6.45) is 4.49. The van der Waals surface area contributed by atoms with Crippen molar-refractivity contribution in [3.63, 3.8) is 0 Å². The minimum atomic E-state index is -3.41. The Balaban J connectivity index is 2.32. The van der Waals surface area contributed by atoms with E-state index >= 15 is 0 Å². The lowest BCUT2D eigenvalue weighted by Gasteiger charge is -2.21. The van der Waals surface area contributed by atoms with Crippen molar-refractivity contribution in [2.24, 2.45) is 0 Å². The first kappa shape index (κ1) is 12.4. The van der Waals surface area contributed by atoms with Gasteiger partial charge in [-0.3, -0.25) is 0 Å². The Hall–Kier alpha value is 0.330. The molecule has 1 heterocycles. The highest BCUT2D eigenvalue weighted by molar-refractivity contribution is 8.13. The van der Waals surface area contributed by atoms with Crippen molar-refractivity contribution in [3.05, 3.63) is 12.2 Å². The van der Waals surface area contributed by atoms with Gasteiger partial charge in [0.05, 0.1) is 5.75 Å². The molecule has 0 saturated carbocycles. The summed E-state index contributed by atoms with van der Waals surface area (Å²) in [7, 11) is 1.74. The first-order valence-corrected chi connectivity index (χ1v) is 8.21. The van der Waals surface area contributed by atoms with Crippen LogP contribution in [0.2, 0.25) is 0 Å². The molecule has 14 heavy (non-hydrogen) atoms. The molecule has 1 aliphatic heterocycles. The second-order valence-electron chi connectivity index (χ2n) is 3.63. The Labute approximate surface area is 94.5 Å². The Kier molecular flexibility index (Phi) is 4.80. The Morgan fingerprint density at radius 3 is 2.71 bits per heavy atom. The van der Waals surface area contributed by atoms with Crippen LogP contribution in [0, 0.1) is 0 Å². The first-order chi connectivity index (χ1) is 6.47. The van der Waals surface area contributed by atoms with Crippen LogP contribution in [0.25, 0.3) is 0 Å². The predicted octanol–water partition coefficient (Wildman–Crippen LogP) is 2.79. The van der Waals surface area contributed by atoms with Crippen LogP contribution in [0.3, 0.4) is 0 Å². The van der Waals surface area contributed by atoms with Crippen molar-refractivity contribution in [2.45, 2.75) is 30.9 Å². The molecule has 0 radical (unpaired) electrons. The number of rotatable bonds is 4. The molecule has 0 aromatic rings. The summed E-state index contributed by atoms with van der Waals surface area (Å²) in [6.45, 7) is 3.76. The van der Waals surface area contributed by atoms with E-state index in [0.717, 1.165) is 12.0 Å². The summed E-state index contributed by atoms with van der Waals surface area (Å²) in [6, 6.07) is 0. The molecule has 0 amide bonds. The monoisotopic (exact) mass is 254 g/mol. The third kappa shape index (κ3) is 5.27. The average molecular weight is 255 g/mol. The zero-order valence-corrected chi connectivity index (χ0v) is 10.4. The summed E-state index contributed by atoms with van der Waals surface area (Å²) in [4.78, 5) is 0. The molecule has 2 nitrogen and oxygen atoms in total. The van der Waals surface area contributed by atoms with E-state index in [4.69, 9.17) is 10.7 Å². The average Bonchev–Trinajstić information content (AvgIpc) is 2.02. The van der Waals surface area contributed by atoms with Gasteiger partial charge < -0.3 is 0 Å². The lowest BCUT2D eigenvalue weighted by Crippen LogP contribution is -2.12. The van der Waals surface area contributed by atoms with Gasteiger partial charge in [0.15, 0.2) is 0 Å². The van der Waals surface area contributed by atoms with Crippen molar-refractivity contribution in [2.75, 3.05) is 11.5 Å². The van der Waals surface area contributed by atoms with Gasteiger partial charge in [-0.15, -0.1) is 0 Å². The van der Waals surface area contributed by atoms with Crippen molar-refractivity contribution in [3.8, 4) is 0 Å². The quantitative estimate of drug-likeness (QED) is 0.572. The largest absolute Gasteiger partial charge is 0.236 e. The van der Waals surface area contributed by atoms with Crippen molar-refractivity contribution >= 4 is 31.5 Å². The highest BCUT2D eigenvalue weighted by Gasteiger charge is 2.17. The van der Waals surface area contributed by atoms with Gasteiger partial charge in [-0.25, -0.2) is 8.42 Å². The minimum absolute atomic E-state index is 0.0778. The van der Waals surface area contributed by atoms with Crippen LogP contribution >= 0.6 is 22.4 Å². The number of hydrogen-bond donors (Lipinski definition) is 0. The van der Waals surface area contributed by atoms with Gasteiger partial charge in [0.25, 0.3) is 0 Å². The van der Waals surface area contributed by atoms with Crippen LogP contribution in [0.1, 0.15) is 25.7 Å². The first-order valence-electron chi connectivity index (χ1n) is 4.68. The SMILES string of the molecule is C=C(CC1CCCCS1)CS(=O)(=O)Cl. The molecule has 0 aromatic heterocycles. The Bertz CT molecular complexity index is 292. The van der Waals surface area contributed by atoms with E-state index in [1.165, 1.54) is 25.0 Å². The summed E-state index contributed by atoms with van der Waals surface area (Å²) < 4.78 is 21.6. The topological polar surface area (TPSA) is 34.1 Å². The summed E-state index contributed by atoms with van der Waals surface area (Å²) >= 11 is 1.92. The Morgan fingerprint density at radius 2 is 2.21 bits per heavy atom. The normalized spacial score (nSPS) is 23.4. The highest BCUT2D eigenvalue weighted by atomic mass is 35.7. The number of hydrogen-bond acceptors (Lipinski definition) is 3. The van der Waals surface area contributed by atoms with E-state index in [1.807, 2.05) is 11.8 Å². The fourth-order valence-electron chi connectivity index (χ4n) is 1.59. The van der Waals surface area contributed by atoms with E-state index in [0.29, 0.717) is 5.25 Å². The van der Waals surface area contributed by atoms with E-state index in [1.54, 1.807) is 0 Å². The maximum absolute atomic E-state index is 10.8. The van der Waals surface area contributed by atoms with Gasteiger partial charge in [-0.1, -0.05) is 18.6 Å². The molecule has 1 unspecified atom stereocenters. The molecule has 0 N–H and O–H groups in total. The van der Waals surface area contributed by atoms with Crippen molar-refractivity contribution in [1.29, 1.82) is 0 Å². The molecule has 82 valence electrons. The zero-order valence-electron chi connectivity index (χ0n) is 8.04. The standard InChI is InChI=1S/C9H15ClO2S2/c1-8(7-14(10,11)12)6-9-4-2-3-5-13-9/h9H,1-7H2. The summed E-state index contributed by atoms with van der Waals surface area (Å²) in [5.74, 6) is 1.11. The number of thioether (sulfide) groups is 1. The molecule has 0 bridgehead atoms. The molecule has 0 aliphatic carbocycles. The maximum Gasteiger partial charge on any atom is 0.236 e. The predicted molar refractivity (Wildman–Crippen MR) is 63.5 cm³/mol. The highest BCUT2D eigenvalue weighted by Crippen LogP contribution is 2.29. The van der Waals surface area contributed by atoms with E-state index in [9.17, 15) is 8.42 Å². The van der Waals surface area contributed by atoms with Crippen molar-refractivity contribution < 1.29 is 8.42 Å². The molecule has 1 atom stereocenters. The lowest BCUT2D eigenvalue weighted by molar-refractivity contribution is 0.609. The molecule has 1 saturated heterocycles. The third-order valence-electron chi connectivity index (χ3n) is 2.17. The zero-order chi connectivity index (χ0) is 10.6. The number of halogens is 1. The summed E-state index contributed by atoms with van der Waals surface area (Å²) in [5.41, 5.74) is 0.736. The lowest BCUT2D eigenvalue weighted by atomic mass is 10.1. The molecular weight excluding hydrogens is 240 g/mol. The molecule has 1 rings (SSSR count).